The summed E-state index contributed by atoms with van der Waals surface area (Å²) in [5.74, 6) is -0.281. The van der Waals surface area contributed by atoms with E-state index in [2.05, 4.69) is 5.32 Å². The molecule has 0 bridgehead atoms. The summed E-state index contributed by atoms with van der Waals surface area (Å²) in [6.45, 7) is 2.51. The molecule has 2 rings (SSSR count). The molecule has 1 aromatic carbocycles. The molecule has 1 heterocycles. The summed E-state index contributed by atoms with van der Waals surface area (Å²) in [7, 11) is 1.73. The summed E-state index contributed by atoms with van der Waals surface area (Å²) >= 11 is 5.98. The molecule has 0 aliphatic carbocycles. The van der Waals surface area contributed by atoms with E-state index in [-0.39, 0.29) is 23.8 Å². The predicted octanol–water partition coefficient (Wildman–Crippen LogP) is 2.39. The van der Waals surface area contributed by atoms with Crippen molar-refractivity contribution in [3.63, 3.8) is 0 Å². The Balaban J connectivity index is 2.03. The number of hydrogen-bond donors (Lipinski definition) is 1. The molecule has 2 unspecified atom stereocenters. The summed E-state index contributed by atoms with van der Waals surface area (Å²) < 4.78 is 0. The molecule has 0 saturated carbocycles. The van der Waals surface area contributed by atoms with Crippen LogP contribution in [0.2, 0.25) is 5.02 Å². The lowest BCUT2D eigenvalue weighted by molar-refractivity contribution is -0.128. The van der Waals surface area contributed by atoms with Gasteiger partial charge in [-0.05, 0) is 24.1 Å². The quantitative estimate of drug-likeness (QED) is 0.927. The summed E-state index contributed by atoms with van der Waals surface area (Å²) in [6.07, 6.45) is 1.08. The first-order valence-electron chi connectivity index (χ1n) is 6.81. The zero-order chi connectivity index (χ0) is 14.7. The first kappa shape index (κ1) is 14.9. The first-order valence-corrected chi connectivity index (χ1v) is 7.19. The number of nitrogens with one attached hydrogen (secondary N) is 1. The van der Waals surface area contributed by atoms with Crippen LogP contribution in [0.5, 0.6) is 0 Å². The molecule has 4 nitrogen and oxygen atoms in total. The molecule has 0 spiro atoms. The van der Waals surface area contributed by atoms with E-state index in [1.54, 1.807) is 11.9 Å². The van der Waals surface area contributed by atoms with Crippen molar-refractivity contribution in [2.24, 2.45) is 5.92 Å². The minimum Gasteiger partial charge on any atom is -0.349 e. The highest BCUT2D eigenvalue weighted by atomic mass is 35.5. The predicted molar refractivity (Wildman–Crippen MR) is 78.4 cm³/mol. The fraction of sp³-hybridized carbons (Fsp3) is 0.467. The number of nitrogens with zero attached hydrogens (tertiary/aromatic N) is 1. The number of carbonyl (C=O) groups excluding carboxylic acids is 2. The zero-order valence-electron chi connectivity index (χ0n) is 11.7. The number of likely N-dealkylation sites (tertiary alicyclic amines) is 1. The van der Waals surface area contributed by atoms with Crippen molar-refractivity contribution in [2.45, 2.75) is 25.8 Å². The smallest absolute Gasteiger partial charge is 0.225 e. The topological polar surface area (TPSA) is 49.4 Å². The van der Waals surface area contributed by atoms with E-state index in [4.69, 9.17) is 11.6 Å². The SMILES string of the molecule is CCC(NC(=O)C1CC(=O)N(C)C1)c1cccc(Cl)c1. The van der Waals surface area contributed by atoms with Gasteiger partial charge in [0.2, 0.25) is 11.8 Å². The van der Waals surface area contributed by atoms with E-state index in [0.29, 0.717) is 18.0 Å². The molecule has 0 aromatic heterocycles. The van der Waals surface area contributed by atoms with Crippen LogP contribution < -0.4 is 5.32 Å². The number of amides is 2. The van der Waals surface area contributed by atoms with Gasteiger partial charge in [0, 0.05) is 25.0 Å². The van der Waals surface area contributed by atoms with Crippen molar-refractivity contribution < 1.29 is 9.59 Å². The minimum absolute atomic E-state index is 0.0287. The molecular formula is C15H19ClN2O2. The Morgan fingerprint density at radius 2 is 2.30 bits per heavy atom. The van der Waals surface area contributed by atoms with Gasteiger partial charge in [0.05, 0.1) is 12.0 Å². The first-order chi connectivity index (χ1) is 9.51. The molecule has 2 atom stereocenters. The molecule has 1 saturated heterocycles. The van der Waals surface area contributed by atoms with Gasteiger partial charge >= 0.3 is 0 Å². The Hall–Kier alpha value is -1.55. The molecule has 2 amide bonds. The van der Waals surface area contributed by atoms with Crippen LogP contribution in [0.25, 0.3) is 0 Å². The van der Waals surface area contributed by atoms with Crippen molar-refractivity contribution >= 4 is 23.4 Å². The molecule has 1 aromatic rings. The van der Waals surface area contributed by atoms with Crippen LogP contribution >= 0.6 is 11.6 Å². The van der Waals surface area contributed by atoms with Crippen LogP contribution in [0.15, 0.2) is 24.3 Å². The normalized spacial score (nSPS) is 20.1. The second kappa shape index (κ2) is 6.27. The summed E-state index contributed by atoms with van der Waals surface area (Å²) in [4.78, 5) is 25.3. The van der Waals surface area contributed by atoms with Gasteiger partial charge in [0.1, 0.15) is 0 Å². The van der Waals surface area contributed by atoms with E-state index in [1.165, 1.54) is 0 Å². The number of rotatable bonds is 4. The fourth-order valence-corrected chi connectivity index (χ4v) is 2.67. The zero-order valence-corrected chi connectivity index (χ0v) is 12.5. The van der Waals surface area contributed by atoms with Gasteiger partial charge in [0.15, 0.2) is 0 Å². The monoisotopic (exact) mass is 294 g/mol. The Bertz CT molecular complexity index is 518. The van der Waals surface area contributed by atoms with E-state index < -0.39 is 0 Å². The Morgan fingerprint density at radius 3 is 2.85 bits per heavy atom. The van der Waals surface area contributed by atoms with Crippen LogP contribution in [0.4, 0.5) is 0 Å². The third kappa shape index (κ3) is 3.31. The van der Waals surface area contributed by atoms with Gasteiger partial charge in [-0.3, -0.25) is 9.59 Å². The van der Waals surface area contributed by atoms with Gasteiger partial charge in [-0.25, -0.2) is 0 Å². The largest absolute Gasteiger partial charge is 0.349 e. The van der Waals surface area contributed by atoms with Gasteiger partial charge in [0.25, 0.3) is 0 Å². The van der Waals surface area contributed by atoms with Crippen LogP contribution in [0.3, 0.4) is 0 Å². The van der Waals surface area contributed by atoms with E-state index in [0.717, 1.165) is 12.0 Å². The summed E-state index contributed by atoms with van der Waals surface area (Å²) in [5, 5.41) is 3.68. The van der Waals surface area contributed by atoms with Crippen molar-refractivity contribution in [3.05, 3.63) is 34.9 Å². The summed E-state index contributed by atoms with van der Waals surface area (Å²) in [6, 6.07) is 7.43. The highest BCUT2D eigenvalue weighted by Gasteiger charge is 2.32. The van der Waals surface area contributed by atoms with Gasteiger partial charge in [-0.15, -0.1) is 0 Å². The minimum atomic E-state index is -0.249. The number of halogens is 1. The lowest BCUT2D eigenvalue weighted by Crippen LogP contribution is -2.34. The van der Waals surface area contributed by atoms with Gasteiger partial charge < -0.3 is 10.2 Å². The number of benzene rings is 1. The molecule has 1 aliphatic rings. The van der Waals surface area contributed by atoms with Crippen molar-refractivity contribution in [1.82, 2.24) is 10.2 Å². The molecule has 1 fully saturated rings. The lowest BCUT2D eigenvalue weighted by Gasteiger charge is -2.20. The van der Waals surface area contributed by atoms with Gasteiger partial charge in [-0.1, -0.05) is 30.7 Å². The molecule has 0 radical (unpaired) electrons. The standard InChI is InChI=1S/C15H19ClN2O2/c1-3-13(10-5-4-6-12(16)7-10)17-15(20)11-8-14(19)18(2)9-11/h4-7,11,13H,3,8-9H2,1-2H3,(H,17,20). The van der Waals surface area contributed by atoms with Crippen molar-refractivity contribution in [2.75, 3.05) is 13.6 Å². The van der Waals surface area contributed by atoms with Crippen molar-refractivity contribution in [1.29, 1.82) is 0 Å². The molecule has 20 heavy (non-hydrogen) atoms. The maximum Gasteiger partial charge on any atom is 0.225 e. The Kier molecular flexibility index (Phi) is 4.65. The molecule has 1 aliphatic heterocycles. The molecule has 108 valence electrons. The molecule has 5 heteroatoms. The summed E-state index contributed by atoms with van der Waals surface area (Å²) in [5.41, 5.74) is 0.992. The van der Waals surface area contributed by atoms with E-state index in [9.17, 15) is 9.59 Å². The van der Waals surface area contributed by atoms with Crippen LogP contribution in [0.1, 0.15) is 31.4 Å². The van der Waals surface area contributed by atoms with Crippen molar-refractivity contribution in [3.8, 4) is 0 Å². The molecule has 1 N–H and O–H groups in total. The third-order valence-corrected chi connectivity index (χ3v) is 3.92. The number of hydrogen-bond acceptors (Lipinski definition) is 2. The Morgan fingerprint density at radius 1 is 1.55 bits per heavy atom. The van der Waals surface area contributed by atoms with Gasteiger partial charge in [-0.2, -0.15) is 0 Å². The lowest BCUT2D eigenvalue weighted by atomic mass is 10.0. The maximum absolute atomic E-state index is 12.2. The average Bonchev–Trinajstić information content (AvgIpc) is 2.76. The van der Waals surface area contributed by atoms with Crippen LogP contribution in [-0.2, 0) is 9.59 Å². The van der Waals surface area contributed by atoms with Crippen LogP contribution in [-0.4, -0.2) is 30.3 Å². The maximum atomic E-state index is 12.2. The fourth-order valence-electron chi connectivity index (χ4n) is 2.47. The molecular weight excluding hydrogens is 276 g/mol. The average molecular weight is 295 g/mol. The Labute approximate surface area is 124 Å². The van der Waals surface area contributed by atoms with E-state index >= 15 is 0 Å². The second-order valence-electron chi connectivity index (χ2n) is 5.20. The highest BCUT2D eigenvalue weighted by molar-refractivity contribution is 6.30. The second-order valence-corrected chi connectivity index (χ2v) is 5.64. The van der Waals surface area contributed by atoms with E-state index in [1.807, 2.05) is 31.2 Å². The highest BCUT2D eigenvalue weighted by Crippen LogP contribution is 2.22. The van der Waals surface area contributed by atoms with Crippen LogP contribution in [0, 0.1) is 5.92 Å². The number of carbonyl (C=O) groups is 2. The third-order valence-electron chi connectivity index (χ3n) is 3.69.